The molecule has 9 heteroatoms. The summed E-state index contributed by atoms with van der Waals surface area (Å²) in [4.78, 5) is 36.9. The van der Waals surface area contributed by atoms with Gasteiger partial charge in [-0.15, -0.1) is 0 Å². The first-order chi connectivity index (χ1) is 9.99. The molecule has 0 aliphatic rings. The van der Waals surface area contributed by atoms with Crippen LogP contribution in [-0.4, -0.2) is 45.2 Å². The molecule has 1 aromatic rings. The minimum absolute atomic E-state index is 0.406. The molecule has 0 fully saturated rings. The van der Waals surface area contributed by atoms with Crippen molar-refractivity contribution in [3.63, 3.8) is 0 Å². The van der Waals surface area contributed by atoms with E-state index >= 15 is 0 Å². The lowest BCUT2D eigenvalue weighted by Gasteiger charge is -2.13. The molecule has 116 valence electrons. The summed E-state index contributed by atoms with van der Waals surface area (Å²) in [6, 6.07) is -1.94. The van der Waals surface area contributed by atoms with E-state index in [0.717, 1.165) is 19.4 Å². The Morgan fingerprint density at radius 2 is 2.10 bits per heavy atom. The molecule has 0 aromatic carbocycles. The number of amides is 3. The molecule has 1 heterocycles. The fourth-order valence-electron chi connectivity index (χ4n) is 1.65. The molecule has 1 rings (SSSR count). The Hall–Kier alpha value is -2.58. The quantitative estimate of drug-likeness (QED) is 0.446. The van der Waals surface area contributed by atoms with Crippen molar-refractivity contribution in [2.45, 2.75) is 31.8 Å². The summed E-state index contributed by atoms with van der Waals surface area (Å²) in [7, 11) is 0. The van der Waals surface area contributed by atoms with Crippen LogP contribution in [0.3, 0.4) is 0 Å². The number of aromatic nitrogens is 2. The number of urea groups is 1. The molecule has 9 nitrogen and oxygen atoms in total. The van der Waals surface area contributed by atoms with E-state index in [2.05, 4.69) is 15.6 Å². The fourth-order valence-corrected chi connectivity index (χ4v) is 1.65. The van der Waals surface area contributed by atoms with Crippen LogP contribution in [-0.2, 0) is 16.1 Å². The van der Waals surface area contributed by atoms with Gasteiger partial charge in [0.1, 0.15) is 6.04 Å². The maximum absolute atomic E-state index is 11.5. The van der Waals surface area contributed by atoms with Crippen LogP contribution in [0.25, 0.3) is 0 Å². The zero-order valence-corrected chi connectivity index (χ0v) is 11.5. The maximum Gasteiger partial charge on any atom is 0.326 e. The first kappa shape index (κ1) is 16.5. The zero-order valence-electron chi connectivity index (χ0n) is 11.5. The lowest BCUT2D eigenvalue weighted by Crippen LogP contribution is -2.47. The SMILES string of the molecule is NC(=O)C[C@@H](NC(=O)NCCCCn1ccnc1)C(=O)O. The van der Waals surface area contributed by atoms with Gasteiger partial charge < -0.3 is 26.0 Å². The Morgan fingerprint density at radius 3 is 2.67 bits per heavy atom. The average Bonchev–Trinajstić information content (AvgIpc) is 2.90. The number of aliphatic carboxylic acids is 1. The standard InChI is InChI=1S/C12H19N5O4/c13-10(18)7-9(11(19)20)16-12(21)15-3-1-2-5-17-6-4-14-8-17/h4,6,8-9H,1-3,5,7H2,(H2,13,18)(H,19,20)(H2,15,16,21)/t9-/m1/s1. The molecule has 0 unspecified atom stereocenters. The summed E-state index contributed by atoms with van der Waals surface area (Å²) in [6.07, 6.45) is 6.39. The zero-order chi connectivity index (χ0) is 15.7. The molecule has 5 N–H and O–H groups in total. The molecule has 0 spiro atoms. The van der Waals surface area contributed by atoms with Gasteiger partial charge in [0.15, 0.2) is 0 Å². The third-order valence-corrected chi connectivity index (χ3v) is 2.70. The molecule has 3 amide bonds. The normalized spacial score (nSPS) is 11.6. The number of carbonyl (C=O) groups is 3. The number of unbranched alkanes of at least 4 members (excludes halogenated alkanes) is 1. The van der Waals surface area contributed by atoms with Gasteiger partial charge in [-0.25, -0.2) is 14.6 Å². The second-order valence-corrected chi connectivity index (χ2v) is 4.47. The lowest BCUT2D eigenvalue weighted by atomic mass is 10.2. The summed E-state index contributed by atoms with van der Waals surface area (Å²) in [6.45, 7) is 1.20. The van der Waals surface area contributed by atoms with Crippen molar-refractivity contribution >= 4 is 17.9 Å². The Morgan fingerprint density at radius 1 is 1.33 bits per heavy atom. The van der Waals surface area contributed by atoms with E-state index in [1.54, 1.807) is 12.5 Å². The van der Waals surface area contributed by atoms with Crippen molar-refractivity contribution < 1.29 is 19.5 Å². The van der Waals surface area contributed by atoms with E-state index in [9.17, 15) is 14.4 Å². The molecule has 1 aromatic heterocycles. The van der Waals surface area contributed by atoms with Gasteiger partial charge in [-0.3, -0.25) is 4.79 Å². The number of carboxylic acids is 1. The summed E-state index contributed by atoms with van der Waals surface area (Å²) >= 11 is 0. The molecular weight excluding hydrogens is 278 g/mol. The second-order valence-electron chi connectivity index (χ2n) is 4.47. The highest BCUT2D eigenvalue weighted by atomic mass is 16.4. The average molecular weight is 297 g/mol. The molecule has 1 atom stereocenters. The van der Waals surface area contributed by atoms with Crippen molar-refractivity contribution in [3.8, 4) is 0 Å². The number of rotatable bonds is 9. The molecule has 21 heavy (non-hydrogen) atoms. The molecule has 0 radical (unpaired) electrons. The van der Waals surface area contributed by atoms with Gasteiger partial charge in [0.25, 0.3) is 0 Å². The van der Waals surface area contributed by atoms with E-state index in [1.807, 2.05) is 10.8 Å². The van der Waals surface area contributed by atoms with E-state index in [1.165, 1.54) is 0 Å². The maximum atomic E-state index is 11.5. The summed E-state index contributed by atoms with van der Waals surface area (Å²) in [5.74, 6) is -2.09. The number of aryl methyl sites for hydroxylation is 1. The Balaban J connectivity index is 2.17. The highest BCUT2D eigenvalue weighted by Crippen LogP contribution is 1.95. The molecule has 0 saturated heterocycles. The Bertz CT molecular complexity index is 474. The summed E-state index contributed by atoms with van der Waals surface area (Å²) in [5.41, 5.74) is 4.91. The van der Waals surface area contributed by atoms with E-state index in [-0.39, 0.29) is 0 Å². The lowest BCUT2D eigenvalue weighted by molar-refractivity contribution is -0.140. The van der Waals surface area contributed by atoms with Crippen LogP contribution in [0, 0.1) is 0 Å². The minimum Gasteiger partial charge on any atom is -0.480 e. The van der Waals surface area contributed by atoms with Gasteiger partial charge in [-0.05, 0) is 12.8 Å². The first-order valence-electron chi connectivity index (χ1n) is 6.50. The van der Waals surface area contributed by atoms with E-state index in [4.69, 9.17) is 10.8 Å². The second kappa shape index (κ2) is 8.56. The number of carbonyl (C=O) groups excluding carboxylic acids is 2. The molecule has 0 aliphatic heterocycles. The number of hydrogen-bond donors (Lipinski definition) is 4. The van der Waals surface area contributed by atoms with Crippen LogP contribution in [0.1, 0.15) is 19.3 Å². The van der Waals surface area contributed by atoms with Crippen molar-refractivity contribution in [1.82, 2.24) is 20.2 Å². The smallest absolute Gasteiger partial charge is 0.326 e. The molecular formula is C12H19N5O4. The van der Waals surface area contributed by atoms with Gasteiger partial charge in [0, 0.05) is 25.5 Å². The van der Waals surface area contributed by atoms with Crippen LogP contribution in [0.2, 0.25) is 0 Å². The van der Waals surface area contributed by atoms with Gasteiger partial charge in [-0.1, -0.05) is 0 Å². The highest BCUT2D eigenvalue weighted by molar-refractivity contribution is 5.87. The largest absolute Gasteiger partial charge is 0.480 e. The van der Waals surface area contributed by atoms with Crippen molar-refractivity contribution in [1.29, 1.82) is 0 Å². The summed E-state index contributed by atoms with van der Waals surface area (Å²) < 4.78 is 1.92. The van der Waals surface area contributed by atoms with Crippen molar-refractivity contribution in [3.05, 3.63) is 18.7 Å². The number of nitrogens with one attached hydrogen (secondary N) is 2. The topological polar surface area (TPSA) is 139 Å². The highest BCUT2D eigenvalue weighted by Gasteiger charge is 2.21. The van der Waals surface area contributed by atoms with E-state index < -0.39 is 30.4 Å². The first-order valence-corrected chi connectivity index (χ1v) is 6.50. The molecule has 0 saturated carbocycles. The Kier molecular flexibility index (Phi) is 6.72. The van der Waals surface area contributed by atoms with Crippen LogP contribution in [0.15, 0.2) is 18.7 Å². The minimum atomic E-state index is -1.31. The van der Waals surface area contributed by atoms with Crippen molar-refractivity contribution in [2.75, 3.05) is 6.54 Å². The number of imidazole rings is 1. The van der Waals surface area contributed by atoms with Crippen LogP contribution in [0.5, 0.6) is 0 Å². The van der Waals surface area contributed by atoms with Gasteiger partial charge in [0.2, 0.25) is 5.91 Å². The third kappa shape index (κ3) is 6.95. The Labute approximate surface area is 121 Å². The number of nitrogens with zero attached hydrogens (tertiary/aromatic N) is 2. The summed E-state index contributed by atoms with van der Waals surface area (Å²) in [5, 5.41) is 13.5. The fraction of sp³-hybridized carbons (Fsp3) is 0.500. The monoisotopic (exact) mass is 297 g/mol. The van der Waals surface area contributed by atoms with Crippen LogP contribution >= 0.6 is 0 Å². The predicted molar refractivity (Wildman–Crippen MR) is 73.2 cm³/mol. The molecule has 0 bridgehead atoms. The van der Waals surface area contributed by atoms with Crippen molar-refractivity contribution in [2.24, 2.45) is 5.73 Å². The van der Waals surface area contributed by atoms with E-state index in [0.29, 0.717) is 6.54 Å². The third-order valence-electron chi connectivity index (χ3n) is 2.70. The van der Waals surface area contributed by atoms with Gasteiger partial charge in [-0.2, -0.15) is 0 Å². The molecule has 0 aliphatic carbocycles. The number of carboxylic acid groups (broad SMARTS) is 1. The van der Waals surface area contributed by atoms with Gasteiger partial charge in [0.05, 0.1) is 12.7 Å². The van der Waals surface area contributed by atoms with Crippen LogP contribution < -0.4 is 16.4 Å². The van der Waals surface area contributed by atoms with Crippen LogP contribution in [0.4, 0.5) is 4.79 Å². The number of hydrogen-bond acceptors (Lipinski definition) is 4. The number of nitrogens with two attached hydrogens (primary N) is 1. The predicted octanol–water partition coefficient (Wildman–Crippen LogP) is -0.709. The van der Waals surface area contributed by atoms with Gasteiger partial charge >= 0.3 is 12.0 Å². The number of primary amides is 1.